The molecule has 1 heterocycles. The number of carboxylic acid groups (broad SMARTS) is 2. The van der Waals surface area contributed by atoms with Crippen LogP contribution in [-0.2, 0) is 4.79 Å². The minimum Gasteiger partial charge on any atom is -0.482 e. The number of carbonyl (C=O) groups is 2. The number of fused-ring (bicyclic) bond motifs is 1. The molecule has 7 nitrogen and oxygen atoms in total. The molecule has 19 heavy (non-hydrogen) atoms. The molecule has 1 aromatic heterocycles. The van der Waals surface area contributed by atoms with Crippen molar-refractivity contribution in [3.8, 4) is 5.75 Å². The Labute approximate surface area is 105 Å². The van der Waals surface area contributed by atoms with Crippen LogP contribution in [0.1, 0.15) is 10.6 Å². The van der Waals surface area contributed by atoms with Gasteiger partial charge < -0.3 is 19.4 Å². The fraction of sp³-hybridized carbons (Fsp3) is 0.0833. The normalized spacial score (nSPS) is 10.3. The predicted molar refractivity (Wildman–Crippen MR) is 62.6 cm³/mol. The van der Waals surface area contributed by atoms with E-state index in [1.807, 2.05) is 0 Å². The molecule has 0 unspecified atom stereocenters. The van der Waals surface area contributed by atoms with Crippen LogP contribution in [0.2, 0.25) is 0 Å². The van der Waals surface area contributed by atoms with Gasteiger partial charge in [0.1, 0.15) is 11.3 Å². The highest BCUT2D eigenvalue weighted by Gasteiger charge is 2.11. The van der Waals surface area contributed by atoms with Gasteiger partial charge in [-0.2, -0.15) is 0 Å². The number of aliphatic carboxylic acids is 1. The van der Waals surface area contributed by atoms with Crippen molar-refractivity contribution in [1.82, 2.24) is 0 Å². The van der Waals surface area contributed by atoms with E-state index in [2.05, 4.69) is 0 Å². The fourth-order valence-corrected chi connectivity index (χ4v) is 1.48. The van der Waals surface area contributed by atoms with Gasteiger partial charge in [0.15, 0.2) is 12.0 Å². The Kier molecular flexibility index (Phi) is 3.19. The minimum absolute atomic E-state index is 0.0903. The van der Waals surface area contributed by atoms with Gasteiger partial charge in [-0.15, -0.1) is 0 Å². The molecule has 0 aliphatic carbocycles. The summed E-state index contributed by atoms with van der Waals surface area (Å²) in [5.41, 5.74) is -0.452. The number of rotatable bonds is 4. The van der Waals surface area contributed by atoms with Crippen molar-refractivity contribution in [2.75, 3.05) is 6.61 Å². The summed E-state index contributed by atoms with van der Waals surface area (Å²) >= 11 is 0. The van der Waals surface area contributed by atoms with Gasteiger partial charge in [0, 0.05) is 6.07 Å². The number of hydrogen-bond donors (Lipinski definition) is 2. The smallest absolute Gasteiger partial charge is 0.371 e. The Morgan fingerprint density at radius 3 is 2.58 bits per heavy atom. The van der Waals surface area contributed by atoms with Crippen LogP contribution in [0.4, 0.5) is 0 Å². The van der Waals surface area contributed by atoms with E-state index >= 15 is 0 Å². The van der Waals surface area contributed by atoms with Gasteiger partial charge in [-0.1, -0.05) is 0 Å². The molecule has 0 fully saturated rings. The van der Waals surface area contributed by atoms with Crippen LogP contribution in [0, 0.1) is 0 Å². The summed E-state index contributed by atoms with van der Waals surface area (Å²) in [6, 6.07) is 4.89. The maximum Gasteiger partial charge on any atom is 0.371 e. The Balaban J connectivity index is 2.46. The molecule has 2 aromatic rings. The Bertz CT molecular complexity index is 714. The van der Waals surface area contributed by atoms with Gasteiger partial charge >= 0.3 is 11.9 Å². The fourth-order valence-electron chi connectivity index (χ4n) is 1.48. The molecular formula is C12H8O7. The Morgan fingerprint density at radius 1 is 1.21 bits per heavy atom. The third-order valence-electron chi connectivity index (χ3n) is 2.27. The minimum atomic E-state index is -1.34. The van der Waals surface area contributed by atoms with Crippen molar-refractivity contribution in [3.05, 3.63) is 40.2 Å². The highest BCUT2D eigenvalue weighted by Crippen LogP contribution is 2.19. The molecule has 0 amide bonds. The summed E-state index contributed by atoms with van der Waals surface area (Å²) in [5.74, 6) is -2.76. The number of aromatic carboxylic acids is 1. The summed E-state index contributed by atoms with van der Waals surface area (Å²) in [4.78, 5) is 32.8. The van der Waals surface area contributed by atoms with Crippen molar-refractivity contribution in [2.45, 2.75) is 0 Å². The number of benzene rings is 1. The zero-order valence-electron chi connectivity index (χ0n) is 9.45. The quantitative estimate of drug-likeness (QED) is 0.844. The standard InChI is InChI=1S/C12H8O7/c13-8-4-10(12(16)17)19-9-2-1-6(3-7(8)9)18-5-11(14)15/h1-4H,5H2,(H,14,15)(H,16,17). The molecule has 2 N–H and O–H groups in total. The van der Waals surface area contributed by atoms with Crippen LogP contribution >= 0.6 is 0 Å². The summed E-state index contributed by atoms with van der Waals surface area (Å²) in [6.07, 6.45) is 0. The SMILES string of the molecule is O=C(O)COc1ccc2oc(C(=O)O)cc(=O)c2c1. The maximum absolute atomic E-state index is 11.7. The third-order valence-corrected chi connectivity index (χ3v) is 2.27. The van der Waals surface area contributed by atoms with Gasteiger partial charge in [-0.05, 0) is 18.2 Å². The first-order chi connectivity index (χ1) is 8.97. The first kappa shape index (κ1) is 12.6. The number of hydrogen-bond acceptors (Lipinski definition) is 5. The number of carboxylic acids is 2. The van der Waals surface area contributed by atoms with Crippen molar-refractivity contribution in [3.63, 3.8) is 0 Å². The van der Waals surface area contributed by atoms with Crippen molar-refractivity contribution in [2.24, 2.45) is 0 Å². The van der Waals surface area contributed by atoms with Gasteiger partial charge in [0.05, 0.1) is 5.39 Å². The highest BCUT2D eigenvalue weighted by atomic mass is 16.5. The first-order valence-electron chi connectivity index (χ1n) is 5.13. The van der Waals surface area contributed by atoms with Crippen LogP contribution in [0.25, 0.3) is 11.0 Å². The van der Waals surface area contributed by atoms with Crippen LogP contribution < -0.4 is 10.2 Å². The second-order valence-electron chi connectivity index (χ2n) is 3.62. The highest BCUT2D eigenvalue weighted by molar-refractivity contribution is 5.87. The molecule has 0 radical (unpaired) electrons. The lowest BCUT2D eigenvalue weighted by Gasteiger charge is -2.04. The third kappa shape index (κ3) is 2.71. The van der Waals surface area contributed by atoms with E-state index in [0.717, 1.165) is 6.07 Å². The van der Waals surface area contributed by atoms with Crippen LogP contribution in [-0.4, -0.2) is 28.8 Å². The zero-order valence-corrected chi connectivity index (χ0v) is 9.45. The van der Waals surface area contributed by atoms with Crippen LogP contribution in [0.3, 0.4) is 0 Å². The summed E-state index contributed by atoms with van der Waals surface area (Å²) in [7, 11) is 0. The van der Waals surface area contributed by atoms with Crippen molar-refractivity contribution < 1.29 is 29.0 Å². The molecule has 7 heteroatoms. The molecule has 0 saturated carbocycles. The first-order valence-corrected chi connectivity index (χ1v) is 5.13. The molecule has 0 aliphatic rings. The van der Waals surface area contributed by atoms with Gasteiger partial charge in [-0.25, -0.2) is 9.59 Å². The lowest BCUT2D eigenvalue weighted by Crippen LogP contribution is -2.10. The van der Waals surface area contributed by atoms with E-state index in [1.54, 1.807) is 0 Å². The molecule has 0 spiro atoms. The van der Waals surface area contributed by atoms with E-state index in [4.69, 9.17) is 19.4 Å². The van der Waals surface area contributed by atoms with Crippen molar-refractivity contribution >= 4 is 22.9 Å². The average molecular weight is 264 g/mol. The lowest BCUT2D eigenvalue weighted by molar-refractivity contribution is -0.139. The molecule has 0 aliphatic heterocycles. The van der Waals surface area contributed by atoms with E-state index in [9.17, 15) is 14.4 Å². The van der Waals surface area contributed by atoms with Crippen LogP contribution in [0.15, 0.2) is 33.5 Å². The van der Waals surface area contributed by atoms with E-state index in [-0.39, 0.29) is 16.7 Å². The van der Waals surface area contributed by atoms with E-state index in [1.165, 1.54) is 18.2 Å². The molecule has 0 saturated heterocycles. The molecule has 1 aromatic carbocycles. The topological polar surface area (TPSA) is 114 Å². The second-order valence-corrected chi connectivity index (χ2v) is 3.62. The van der Waals surface area contributed by atoms with Gasteiger partial charge in [0.25, 0.3) is 0 Å². The Hall–Kier alpha value is -2.83. The molecule has 2 rings (SSSR count). The molecular weight excluding hydrogens is 256 g/mol. The average Bonchev–Trinajstić information content (AvgIpc) is 2.36. The van der Waals surface area contributed by atoms with Gasteiger partial charge in [0.2, 0.25) is 5.76 Å². The Morgan fingerprint density at radius 2 is 1.95 bits per heavy atom. The largest absolute Gasteiger partial charge is 0.482 e. The van der Waals surface area contributed by atoms with Crippen molar-refractivity contribution in [1.29, 1.82) is 0 Å². The van der Waals surface area contributed by atoms with E-state index < -0.39 is 29.7 Å². The molecule has 0 bridgehead atoms. The summed E-state index contributed by atoms with van der Waals surface area (Å²) in [6.45, 7) is -0.538. The lowest BCUT2D eigenvalue weighted by atomic mass is 10.2. The second kappa shape index (κ2) is 4.81. The zero-order chi connectivity index (χ0) is 14.0. The maximum atomic E-state index is 11.7. The number of ether oxygens (including phenoxy) is 1. The van der Waals surface area contributed by atoms with E-state index in [0.29, 0.717) is 0 Å². The summed E-state index contributed by atoms with van der Waals surface area (Å²) < 4.78 is 9.93. The predicted octanol–water partition coefficient (Wildman–Crippen LogP) is 0.955. The molecule has 0 atom stereocenters. The van der Waals surface area contributed by atoms with Gasteiger partial charge in [-0.3, -0.25) is 4.79 Å². The van der Waals surface area contributed by atoms with Crippen LogP contribution in [0.5, 0.6) is 5.75 Å². The molecule has 98 valence electrons. The summed E-state index contributed by atoms with van der Waals surface area (Å²) in [5, 5.41) is 17.3. The monoisotopic (exact) mass is 264 g/mol.